The first-order valence-electron chi connectivity index (χ1n) is 5.50. The number of para-hydroxylation sites is 1. The highest BCUT2D eigenvalue weighted by molar-refractivity contribution is 9.10. The number of aromatic nitrogens is 1. The van der Waals surface area contributed by atoms with E-state index in [4.69, 9.17) is 10.2 Å². The summed E-state index contributed by atoms with van der Waals surface area (Å²) in [6.45, 7) is 0. The molecule has 96 valence electrons. The Hall–Kier alpha value is -2.08. The number of nitrogens with one attached hydrogen (secondary N) is 1. The summed E-state index contributed by atoms with van der Waals surface area (Å²) in [7, 11) is 0. The van der Waals surface area contributed by atoms with Crippen LogP contribution < -0.4 is 11.1 Å². The lowest BCUT2D eigenvalue weighted by Gasteiger charge is -2.05. The van der Waals surface area contributed by atoms with Crippen LogP contribution in [0.2, 0.25) is 0 Å². The van der Waals surface area contributed by atoms with Gasteiger partial charge in [-0.15, -0.1) is 0 Å². The molecule has 0 aliphatic heterocycles. The van der Waals surface area contributed by atoms with Gasteiger partial charge in [0, 0.05) is 10.2 Å². The summed E-state index contributed by atoms with van der Waals surface area (Å²) in [6.07, 6.45) is 0. The summed E-state index contributed by atoms with van der Waals surface area (Å²) in [6, 6.07) is 10.0. The van der Waals surface area contributed by atoms with Gasteiger partial charge in [0.1, 0.15) is 11.3 Å². The first-order chi connectivity index (χ1) is 9.13. The van der Waals surface area contributed by atoms with Gasteiger partial charge in [-0.1, -0.05) is 6.07 Å². The van der Waals surface area contributed by atoms with Gasteiger partial charge in [-0.3, -0.25) is 0 Å². The smallest absolute Gasteiger partial charge is 0.300 e. The number of nitrogens with two attached hydrogens (primary N) is 1. The second kappa shape index (κ2) is 4.55. The Balaban J connectivity index is 2.01. The standard InChI is InChI=1S/C13H9BrFN3O/c14-8-2-1-3-9(15)12(8)18-13-17-10-6-7(16)4-5-11(10)19-13/h1-6H,16H2,(H,17,18). The third kappa shape index (κ3) is 2.26. The highest BCUT2D eigenvalue weighted by Gasteiger charge is 2.11. The predicted octanol–water partition coefficient (Wildman–Crippen LogP) is 4.06. The van der Waals surface area contributed by atoms with Gasteiger partial charge in [0.2, 0.25) is 0 Å². The molecule has 6 heteroatoms. The maximum Gasteiger partial charge on any atom is 0.300 e. The van der Waals surface area contributed by atoms with Gasteiger partial charge >= 0.3 is 0 Å². The number of hydrogen-bond donors (Lipinski definition) is 2. The van der Waals surface area contributed by atoms with Gasteiger partial charge in [0.25, 0.3) is 6.01 Å². The van der Waals surface area contributed by atoms with Crippen LogP contribution >= 0.6 is 15.9 Å². The Bertz CT molecular complexity index is 736. The van der Waals surface area contributed by atoms with Gasteiger partial charge in [-0.2, -0.15) is 4.98 Å². The van der Waals surface area contributed by atoms with E-state index in [0.29, 0.717) is 21.3 Å². The minimum atomic E-state index is -0.392. The summed E-state index contributed by atoms with van der Waals surface area (Å²) < 4.78 is 19.7. The molecule has 0 amide bonds. The zero-order valence-corrected chi connectivity index (χ0v) is 11.2. The molecule has 1 heterocycles. The largest absolute Gasteiger partial charge is 0.423 e. The fraction of sp³-hybridized carbons (Fsp3) is 0. The zero-order chi connectivity index (χ0) is 13.4. The molecule has 4 nitrogen and oxygen atoms in total. The van der Waals surface area contributed by atoms with E-state index in [1.54, 1.807) is 30.3 Å². The average molecular weight is 322 g/mol. The number of fused-ring (bicyclic) bond motifs is 1. The van der Waals surface area contributed by atoms with Crippen LogP contribution in [0, 0.1) is 5.82 Å². The Labute approximate surface area is 116 Å². The van der Waals surface area contributed by atoms with Crippen molar-refractivity contribution in [1.82, 2.24) is 4.98 Å². The number of benzene rings is 2. The van der Waals surface area contributed by atoms with Crippen molar-refractivity contribution in [2.24, 2.45) is 0 Å². The quantitative estimate of drug-likeness (QED) is 0.699. The minimum absolute atomic E-state index is 0.214. The van der Waals surface area contributed by atoms with Crippen LogP contribution in [0.4, 0.5) is 21.8 Å². The summed E-state index contributed by atoms with van der Waals surface area (Å²) in [5, 5.41) is 2.81. The van der Waals surface area contributed by atoms with Crippen molar-refractivity contribution in [1.29, 1.82) is 0 Å². The van der Waals surface area contributed by atoms with Crippen LogP contribution in [0.5, 0.6) is 0 Å². The van der Waals surface area contributed by atoms with Crippen LogP contribution in [-0.2, 0) is 0 Å². The van der Waals surface area contributed by atoms with E-state index in [1.807, 2.05) is 0 Å². The van der Waals surface area contributed by atoms with E-state index >= 15 is 0 Å². The molecule has 0 aliphatic carbocycles. The van der Waals surface area contributed by atoms with Crippen molar-refractivity contribution in [3.05, 3.63) is 46.7 Å². The molecule has 3 aromatic rings. The molecule has 1 aromatic heterocycles. The zero-order valence-electron chi connectivity index (χ0n) is 9.65. The number of rotatable bonds is 2. The van der Waals surface area contributed by atoms with Crippen LogP contribution in [0.25, 0.3) is 11.1 Å². The van der Waals surface area contributed by atoms with Crippen LogP contribution in [0.1, 0.15) is 0 Å². The van der Waals surface area contributed by atoms with Crippen molar-refractivity contribution in [2.75, 3.05) is 11.1 Å². The topological polar surface area (TPSA) is 64.1 Å². The summed E-state index contributed by atoms with van der Waals surface area (Å²) in [5.74, 6) is -0.392. The first-order valence-corrected chi connectivity index (χ1v) is 6.30. The highest BCUT2D eigenvalue weighted by atomic mass is 79.9. The molecule has 3 rings (SSSR count). The van der Waals surface area contributed by atoms with Gasteiger partial charge in [0.05, 0.1) is 5.69 Å². The predicted molar refractivity (Wildman–Crippen MR) is 75.8 cm³/mol. The molecule has 19 heavy (non-hydrogen) atoms. The van der Waals surface area contributed by atoms with Gasteiger partial charge in [-0.05, 0) is 46.3 Å². The number of nitrogen functional groups attached to an aromatic ring is 1. The Morgan fingerprint density at radius 3 is 2.89 bits per heavy atom. The van der Waals surface area contributed by atoms with Gasteiger partial charge in [-0.25, -0.2) is 4.39 Å². The lowest BCUT2D eigenvalue weighted by atomic mass is 10.3. The van der Waals surface area contributed by atoms with Crippen molar-refractivity contribution >= 4 is 44.4 Å². The van der Waals surface area contributed by atoms with Crippen LogP contribution in [-0.4, -0.2) is 4.98 Å². The number of hydrogen-bond acceptors (Lipinski definition) is 4. The second-order valence-corrected chi connectivity index (χ2v) is 4.82. The van der Waals surface area contributed by atoms with Gasteiger partial charge in [0.15, 0.2) is 5.58 Å². The first kappa shape index (κ1) is 12.0. The van der Waals surface area contributed by atoms with Gasteiger partial charge < -0.3 is 15.5 Å². The summed E-state index contributed by atoms with van der Waals surface area (Å²) in [4.78, 5) is 4.21. The van der Waals surface area contributed by atoms with Crippen molar-refractivity contribution in [3.8, 4) is 0 Å². The lowest BCUT2D eigenvalue weighted by Crippen LogP contribution is -1.94. The lowest BCUT2D eigenvalue weighted by molar-refractivity contribution is 0.611. The van der Waals surface area contributed by atoms with Crippen LogP contribution in [0.3, 0.4) is 0 Å². The van der Waals surface area contributed by atoms with E-state index in [2.05, 4.69) is 26.2 Å². The molecule has 0 fully saturated rings. The fourth-order valence-electron chi connectivity index (χ4n) is 1.72. The second-order valence-electron chi connectivity index (χ2n) is 3.97. The molecular formula is C13H9BrFN3O. The number of nitrogens with zero attached hydrogens (tertiary/aromatic N) is 1. The molecule has 0 aliphatic rings. The number of anilines is 3. The molecule has 3 N–H and O–H groups in total. The third-order valence-corrected chi connectivity index (χ3v) is 3.27. The molecule has 0 atom stereocenters. The SMILES string of the molecule is Nc1ccc2oc(Nc3c(F)cccc3Br)nc2c1. The molecule has 0 spiro atoms. The van der Waals surface area contributed by atoms with E-state index < -0.39 is 5.82 Å². The van der Waals surface area contributed by atoms with E-state index in [1.165, 1.54) is 6.07 Å². The van der Waals surface area contributed by atoms with E-state index in [9.17, 15) is 4.39 Å². The maximum atomic E-state index is 13.7. The third-order valence-electron chi connectivity index (χ3n) is 2.61. The molecular weight excluding hydrogens is 313 g/mol. The van der Waals surface area contributed by atoms with Crippen molar-refractivity contribution in [3.63, 3.8) is 0 Å². The van der Waals surface area contributed by atoms with Crippen LogP contribution in [0.15, 0.2) is 45.3 Å². The van der Waals surface area contributed by atoms with Crippen molar-refractivity contribution < 1.29 is 8.81 Å². The van der Waals surface area contributed by atoms with E-state index in [-0.39, 0.29) is 11.7 Å². The molecule has 0 unspecified atom stereocenters. The molecule has 0 radical (unpaired) electrons. The molecule has 0 saturated carbocycles. The number of halogens is 2. The molecule has 0 saturated heterocycles. The Kier molecular flexibility index (Phi) is 2.87. The highest BCUT2D eigenvalue weighted by Crippen LogP contribution is 2.30. The Morgan fingerprint density at radius 1 is 1.26 bits per heavy atom. The monoisotopic (exact) mass is 321 g/mol. The van der Waals surface area contributed by atoms with E-state index in [0.717, 1.165) is 0 Å². The maximum absolute atomic E-state index is 13.7. The summed E-state index contributed by atoms with van der Waals surface area (Å²) in [5.41, 5.74) is 7.75. The fourth-order valence-corrected chi connectivity index (χ4v) is 2.16. The Morgan fingerprint density at radius 2 is 2.11 bits per heavy atom. The van der Waals surface area contributed by atoms with Crippen molar-refractivity contribution in [2.45, 2.75) is 0 Å². The minimum Gasteiger partial charge on any atom is -0.423 e. The summed E-state index contributed by atoms with van der Waals surface area (Å²) >= 11 is 3.27. The normalized spacial score (nSPS) is 10.8. The molecule has 2 aromatic carbocycles. The number of oxazole rings is 1. The molecule has 0 bridgehead atoms. The average Bonchev–Trinajstić information content (AvgIpc) is 2.75.